The molecule has 1 aliphatic carbocycles. The van der Waals surface area contributed by atoms with Crippen molar-refractivity contribution in [3.63, 3.8) is 0 Å². The van der Waals surface area contributed by atoms with Gasteiger partial charge < -0.3 is 19.7 Å². The third kappa shape index (κ3) is 3.47. The van der Waals surface area contributed by atoms with Crippen LogP contribution >= 0.6 is 11.3 Å². The van der Waals surface area contributed by atoms with Gasteiger partial charge >= 0.3 is 0 Å². The maximum Gasteiger partial charge on any atom is 0.291 e. The summed E-state index contributed by atoms with van der Waals surface area (Å²) in [5, 5.41) is 6.48. The Labute approximate surface area is 150 Å². The standard InChI is InChI=1S/C17H22N4O3S/c1-23-12-3-2-11(10-12)18-14-13-4-9-25-16(13)20-15(19-14)17(22)21-5-7-24-8-6-21/h4,9,11-12H,2-3,5-8,10H2,1H3,(H,18,19,20)/t11-,12+/m1/s1. The molecule has 8 heteroatoms. The molecule has 0 bridgehead atoms. The van der Waals surface area contributed by atoms with E-state index in [2.05, 4.69) is 15.3 Å². The van der Waals surface area contributed by atoms with Crippen LogP contribution in [0.3, 0.4) is 0 Å². The van der Waals surface area contributed by atoms with E-state index in [0.717, 1.165) is 35.3 Å². The molecule has 134 valence electrons. The third-order valence-electron chi connectivity index (χ3n) is 4.87. The number of carbonyl (C=O) groups is 1. The maximum atomic E-state index is 12.8. The van der Waals surface area contributed by atoms with Crippen molar-refractivity contribution in [2.75, 3.05) is 38.7 Å². The number of methoxy groups -OCH3 is 1. The van der Waals surface area contributed by atoms with Crippen LogP contribution in [-0.2, 0) is 9.47 Å². The second-order valence-corrected chi connectivity index (χ2v) is 7.35. The molecule has 0 unspecified atom stereocenters. The monoisotopic (exact) mass is 362 g/mol. The predicted molar refractivity (Wildman–Crippen MR) is 96.2 cm³/mol. The Balaban J connectivity index is 1.59. The maximum absolute atomic E-state index is 12.8. The predicted octanol–water partition coefficient (Wildman–Crippen LogP) is 2.14. The Morgan fingerprint density at radius 1 is 1.36 bits per heavy atom. The second kappa shape index (κ2) is 7.23. The number of rotatable bonds is 4. The number of fused-ring (bicyclic) bond motifs is 1. The van der Waals surface area contributed by atoms with Crippen molar-refractivity contribution in [2.45, 2.75) is 31.4 Å². The van der Waals surface area contributed by atoms with Crippen molar-refractivity contribution in [1.29, 1.82) is 0 Å². The van der Waals surface area contributed by atoms with Crippen molar-refractivity contribution in [1.82, 2.24) is 14.9 Å². The first kappa shape index (κ1) is 16.7. The minimum atomic E-state index is -0.122. The molecule has 1 aliphatic heterocycles. The van der Waals surface area contributed by atoms with Crippen LogP contribution < -0.4 is 5.32 Å². The van der Waals surface area contributed by atoms with Crippen LogP contribution in [0.15, 0.2) is 11.4 Å². The van der Waals surface area contributed by atoms with E-state index in [9.17, 15) is 4.79 Å². The van der Waals surface area contributed by atoms with E-state index in [1.807, 2.05) is 11.4 Å². The zero-order chi connectivity index (χ0) is 17.2. The second-order valence-electron chi connectivity index (χ2n) is 6.45. The number of nitrogens with one attached hydrogen (secondary N) is 1. The molecule has 1 amide bonds. The van der Waals surface area contributed by atoms with E-state index in [1.54, 1.807) is 12.0 Å². The van der Waals surface area contributed by atoms with Gasteiger partial charge in [0.15, 0.2) is 0 Å². The number of morpholine rings is 1. The summed E-state index contributed by atoms with van der Waals surface area (Å²) < 4.78 is 10.8. The Morgan fingerprint density at radius 2 is 2.20 bits per heavy atom. The van der Waals surface area contributed by atoms with Gasteiger partial charge in [-0.25, -0.2) is 9.97 Å². The molecule has 2 atom stereocenters. The van der Waals surface area contributed by atoms with Crippen LogP contribution in [0.2, 0.25) is 0 Å². The molecule has 1 saturated carbocycles. The number of thiophene rings is 1. The molecule has 0 radical (unpaired) electrons. The molecule has 3 heterocycles. The summed E-state index contributed by atoms with van der Waals surface area (Å²) in [4.78, 5) is 24.4. The van der Waals surface area contributed by atoms with E-state index in [-0.39, 0.29) is 11.7 Å². The van der Waals surface area contributed by atoms with E-state index < -0.39 is 0 Å². The highest BCUT2D eigenvalue weighted by Crippen LogP contribution is 2.29. The van der Waals surface area contributed by atoms with Gasteiger partial charge in [-0.1, -0.05) is 0 Å². The molecule has 2 aromatic rings. The molecule has 0 aromatic carbocycles. The lowest BCUT2D eigenvalue weighted by molar-refractivity contribution is 0.0295. The molecule has 25 heavy (non-hydrogen) atoms. The van der Waals surface area contributed by atoms with Crippen LogP contribution in [0.4, 0.5) is 5.82 Å². The van der Waals surface area contributed by atoms with Gasteiger partial charge in [0.25, 0.3) is 5.91 Å². The highest BCUT2D eigenvalue weighted by molar-refractivity contribution is 7.16. The first-order valence-electron chi connectivity index (χ1n) is 8.66. The Hall–Kier alpha value is -1.77. The van der Waals surface area contributed by atoms with Crippen LogP contribution in [0, 0.1) is 0 Å². The largest absolute Gasteiger partial charge is 0.381 e. The molecular formula is C17H22N4O3S. The minimum absolute atomic E-state index is 0.122. The summed E-state index contributed by atoms with van der Waals surface area (Å²) >= 11 is 1.53. The van der Waals surface area contributed by atoms with Crippen LogP contribution in [0.5, 0.6) is 0 Å². The summed E-state index contributed by atoms with van der Waals surface area (Å²) in [5.41, 5.74) is 0. The van der Waals surface area contributed by atoms with Crippen molar-refractivity contribution >= 4 is 33.3 Å². The fourth-order valence-corrected chi connectivity index (χ4v) is 4.21. The van der Waals surface area contributed by atoms with Crippen molar-refractivity contribution in [2.24, 2.45) is 0 Å². The van der Waals surface area contributed by atoms with E-state index >= 15 is 0 Å². The summed E-state index contributed by atoms with van der Waals surface area (Å²) in [6.45, 7) is 2.31. The molecule has 7 nitrogen and oxygen atoms in total. The molecule has 0 spiro atoms. The molecule has 1 N–H and O–H groups in total. The Kier molecular flexibility index (Phi) is 4.82. The first-order valence-corrected chi connectivity index (χ1v) is 9.54. The number of hydrogen-bond donors (Lipinski definition) is 1. The summed E-state index contributed by atoms with van der Waals surface area (Å²) in [6, 6.07) is 2.32. The van der Waals surface area contributed by atoms with Gasteiger partial charge in [-0.15, -0.1) is 11.3 Å². The van der Waals surface area contributed by atoms with Crippen LogP contribution in [-0.4, -0.2) is 66.3 Å². The molecule has 2 aromatic heterocycles. The normalized spacial score (nSPS) is 24.0. The van der Waals surface area contributed by atoms with E-state index in [0.29, 0.717) is 38.4 Å². The van der Waals surface area contributed by atoms with Gasteiger partial charge in [-0.05, 0) is 30.7 Å². The smallest absolute Gasteiger partial charge is 0.291 e. The topological polar surface area (TPSA) is 76.6 Å². The van der Waals surface area contributed by atoms with E-state index in [1.165, 1.54) is 11.3 Å². The van der Waals surface area contributed by atoms with Gasteiger partial charge in [-0.2, -0.15) is 0 Å². The van der Waals surface area contributed by atoms with Crippen LogP contribution in [0.1, 0.15) is 29.9 Å². The number of amides is 1. The molecule has 1 saturated heterocycles. The van der Waals surface area contributed by atoms with Gasteiger partial charge in [-0.3, -0.25) is 4.79 Å². The molecule has 4 rings (SSSR count). The van der Waals surface area contributed by atoms with Crippen LogP contribution in [0.25, 0.3) is 10.2 Å². The fraction of sp³-hybridized carbons (Fsp3) is 0.588. The lowest BCUT2D eigenvalue weighted by Crippen LogP contribution is -2.41. The average molecular weight is 362 g/mol. The van der Waals surface area contributed by atoms with Crippen molar-refractivity contribution < 1.29 is 14.3 Å². The van der Waals surface area contributed by atoms with Crippen molar-refractivity contribution in [3.05, 3.63) is 17.3 Å². The SMILES string of the molecule is CO[C@H]1CC[C@@H](Nc2nc(C(=O)N3CCOCC3)nc3sccc23)C1. The fourth-order valence-electron chi connectivity index (χ4n) is 3.45. The highest BCUT2D eigenvalue weighted by atomic mass is 32.1. The lowest BCUT2D eigenvalue weighted by atomic mass is 10.2. The van der Waals surface area contributed by atoms with Gasteiger partial charge in [0.1, 0.15) is 10.6 Å². The quantitative estimate of drug-likeness (QED) is 0.898. The molecule has 2 aliphatic rings. The zero-order valence-corrected chi connectivity index (χ0v) is 15.1. The number of carbonyl (C=O) groups excluding carboxylic acids is 1. The third-order valence-corrected chi connectivity index (χ3v) is 5.68. The molecule has 2 fully saturated rings. The molecular weight excluding hydrogens is 340 g/mol. The Bertz CT molecular complexity index is 759. The lowest BCUT2D eigenvalue weighted by Gasteiger charge is -2.26. The number of hydrogen-bond acceptors (Lipinski definition) is 7. The highest BCUT2D eigenvalue weighted by Gasteiger charge is 2.27. The summed E-state index contributed by atoms with van der Waals surface area (Å²) in [5.74, 6) is 0.896. The average Bonchev–Trinajstić information content (AvgIpc) is 3.30. The van der Waals surface area contributed by atoms with Gasteiger partial charge in [0.2, 0.25) is 5.82 Å². The van der Waals surface area contributed by atoms with Gasteiger partial charge in [0, 0.05) is 26.2 Å². The minimum Gasteiger partial charge on any atom is -0.381 e. The Morgan fingerprint density at radius 3 is 2.96 bits per heavy atom. The summed E-state index contributed by atoms with van der Waals surface area (Å²) in [6.07, 6.45) is 3.34. The van der Waals surface area contributed by atoms with E-state index in [4.69, 9.17) is 9.47 Å². The number of nitrogens with zero attached hydrogens (tertiary/aromatic N) is 3. The number of aromatic nitrogens is 2. The van der Waals surface area contributed by atoms with Crippen molar-refractivity contribution in [3.8, 4) is 0 Å². The summed E-state index contributed by atoms with van der Waals surface area (Å²) in [7, 11) is 1.76. The number of anilines is 1. The van der Waals surface area contributed by atoms with Gasteiger partial charge in [0.05, 0.1) is 24.7 Å². The number of ether oxygens (including phenoxy) is 2. The zero-order valence-electron chi connectivity index (χ0n) is 14.2. The first-order chi connectivity index (χ1) is 12.2.